The molecule has 0 N–H and O–H groups in total. The highest BCUT2D eigenvalue weighted by molar-refractivity contribution is 9.10. The number of ether oxygens (including phenoxy) is 1. The normalized spacial score (nSPS) is 15.4. The van der Waals surface area contributed by atoms with Crippen LogP contribution in [0.2, 0.25) is 5.02 Å². The lowest BCUT2D eigenvalue weighted by Crippen LogP contribution is -2.50. The Labute approximate surface area is 178 Å². The average Bonchev–Trinajstić information content (AvgIpc) is 2.68. The lowest BCUT2D eigenvalue weighted by Gasteiger charge is -2.34. The molecule has 0 radical (unpaired) electrons. The van der Waals surface area contributed by atoms with Crippen molar-refractivity contribution in [3.63, 3.8) is 0 Å². The van der Waals surface area contributed by atoms with Crippen molar-refractivity contribution in [2.45, 2.75) is 11.3 Å². The molecular weight excluding hydrogens is 468 g/mol. The first-order chi connectivity index (χ1) is 13.4. The van der Waals surface area contributed by atoms with Gasteiger partial charge in [-0.2, -0.15) is 4.31 Å². The fourth-order valence-electron chi connectivity index (χ4n) is 2.94. The smallest absolute Gasteiger partial charge is 0.244 e. The second-order valence-electron chi connectivity index (χ2n) is 6.27. The number of carbonyl (C=O) groups is 1. The summed E-state index contributed by atoms with van der Waals surface area (Å²) in [5.41, 5.74) is 0. The van der Waals surface area contributed by atoms with Gasteiger partial charge in [0.05, 0.1) is 18.1 Å². The van der Waals surface area contributed by atoms with E-state index in [-0.39, 0.29) is 41.9 Å². The quantitative estimate of drug-likeness (QED) is 0.626. The van der Waals surface area contributed by atoms with Crippen LogP contribution in [-0.4, -0.2) is 56.3 Å². The van der Waals surface area contributed by atoms with E-state index in [1.165, 1.54) is 10.4 Å². The van der Waals surface area contributed by atoms with Gasteiger partial charge in [-0.1, -0.05) is 45.7 Å². The zero-order chi connectivity index (χ0) is 20.1. The molecule has 0 bridgehead atoms. The Balaban J connectivity index is 1.50. The molecule has 2 aromatic rings. The Bertz CT molecular complexity index is 946. The molecule has 0 saturated carbocycles. The Hall–Kier alpha value is -1.61. The monoisotopic (exact) mass is 486 g/mol. The van der Waals surface area contributed by atoms with E-state index >= 15 is 0 Å². The number of benzene rings is 2. The molecule has 28 heavy (non-hydrogen) atoms. The minimum Gasteiger partial charge on any atom is -0.493 e. The number of rotatable bonds is 6. The van der Waals surface area contributed by atoms with Crippen molar-refractivity contribution in [3.8, 4) is 5.75 Å². The molecule has 0 aliphatic carbocycles. The molecule has 2 aromatic carbocycles. The highest BCUT2D eigenvalue weighted by Gasteiger charge is 2.31. The number of piperazine rings is 1. The first kappa shape index (κ1) is 21.1. The summed E-state index contributed by atoms with van der Waals surface area (Å²) in [5.74, 6) is 0.641. The van der Waals surface area contributed by atoms with Crippen molar-refractivity contribution in [1.82, 2.24) is 9.21 Å². The molecule has 1 aliphatic heterocycles. The number of hydrogen-bond donors (Lipinski definition) is 0. The van der Waals surface area contributed by atoms with Crippen molar-refractivity contribution in [1.29, 1.82) is 0 Å². The van der Waals surface area contributed by atoms with Crippen molar-refractivity contribution in [3.05, 3.63) is 58.0 Å². The van der Waals surface area contributed by atoms with E-state index in [1.807, 2.05) is 24.3 Å². The number of nitrogens with zero attached hydrogens (tertiary/aromatic N) is 2. The second-order valence-corrected chi connectivity index (χ2v) is 9.50. The summed E-state index contributed by atoms with van der Waals surface area (Å²) in [6.45, 7) is 1.45. The van der Waals surface area contributed by atoms with E-state index in [1.54, 1.807) is 23.1 Å². The van der Waals surface area contributed by atoms with Crippen LogP contribution in [-0.2, 0) is 14.8 Å². The Morgan fingerprint density at radius 1 is 1.07 bits per heavy atom. The van der Waals surface area contributed by atoms with Crippen LogP contribution in [0.3, 0.4) is 0 Å². The summed E-state index contributed by atoms with van der Waals surface area (Å²) in [5, 5.41) is 0.200. The molecular formula is C19H20BrClN2O4S. The van der Waals surface area contributed by atoms with Crippen molar-refractivity contribution >= 4 is 43.5 Å². The minimum atomic E-state index is -3.66. The Morgan fingerprint density at radius 2 is 1.79 bits per heavy atom. The zero-order valence-electron chi connectivity index (χ0n) is 15.1. The van der Waals surface area contributed by atoms with E-state index in [2.05, 4.69) is 15.9 Å². The third-order valence-electron chi connectivity index (χ3n) is 4.43. The molecule has 0 aromatic heterocycles. The first-order valence-electron chi connectivity index (χ1n) is 8.79. The molecule has 0 unspecified atom stereocenters. The third kappa shape index (κ3) is 5.05. The summed E-state index contributed by atoms with van der Waals surface area (Å²) in [4.78, 5) is 14.1. The molecule has 1 saturated heterocycles. The van der Waals surface area contributed by atoms with E-state index < -0.39 is 10.0 Å². The molecule has 1 aliphatic rings. The number of sulfonamides is 1. The summed E-state index contributed by atoms with van der Waals surface area (Å²) < 4.78 is 33.4. The van der Waals surface area contributed by atoms with Gasteiger partial charge in [0, 0.05) is 30.7 Å². The van der Waals surface area contributed by atoms with Crippen LogP contribution in [0.1, 0.15) is 6.42 Å². The van der Waals surface area contributed by atoms with Crippen LogP contribution >= 0.6 is 27.5 Å². The SMILES string of the molecule is O=C(CCOc1cccc(Br)c1)N1CCN(S(=O)(=O)c2ccccc2Cl)CC1. The molecule has 0 atom stereocenters. The summed E-state index contributed by atoms with van der Waals surface area (Å²) >= 11 is 9.41. The van der Waals surface area contributed by atoms with Crippen molar-refractivity contribution in [2.75, 3.05) is 32.8 Å². The van der Waals surface area contributed by atoms with E-state index in [0.717, 1.165) is 4.47 Å². The maximum atomic E-state index is 12.8. The molecule has 3 rings (SSSR count). The lowest BCUT2D eigenvalue weighted by atomic mass is 10.3. The number of amides is 1. The van der Waals surface area contributed by atoms with Gasteiger partial charge in [0.15, 0.2) is 0 Å². The molecule has 6 nitrogen and oxygen atoms in total. The maximum absolute atomic E-state index is 12.8. The topological polar surface area (TPSA) is 66.9 Å². The molecule has 150 valence electrons. The highest BCUT2D eigenvalue weighted by Crippen LogP contribution is 2.25. The van der Waals surface area contributed by atoms with Gasteiger partial charge in [-0.25, -0.2) is 8.42 Å². The largest absolute Gasteiger partial charge is 0.493 e. The molecule has 1 fully saturated rings. The Morgan fingerprint density at radius 3 is 2.46 bits per heavy atom. The zero-order valence-corrected chi connectivity index (χ0v) is 18.2. The van der Waals surface area contributed by atoms with E-state index in [4.69, 9.17) is 16.3 Å². The van der Waals surface area contributed by atoms with E-state index in [0.29, 0.717) is 18.8 Å². The number of halogens is 2. The van der Waals surface area contributed by atoms with Crippen LogP contribution < -0.4 is 4.74 Å². The fourth-order valence-corrected chi connectivity index (χ4v) is 5.24. The van der Waals surface area contributed by atoms with Crippen LogP contribution in [0.15, 0.2) is 57.9 Å². The molecule has 9 heteroatoms. The maximum Gasteiger partial charge on any atom is 0.244 e. The second kappa shape index (κ2) is 9.26. The van der Waals surface area contributed by atoms with Gasteiger partial charge >= 0.3 is 0 Å². The van der Waals surface area contributed by atoms with Crippen LogP contribution in [0.25, 0.3) is 0 Å². The van der Waals surface area contributed by atoms with Gasteiger partial charge in [-0.3, -0.25) is 4.79 Å². The van der Waals surface area contributed by atoms with Crippen LogP contribution in [0.5, 0.6) is 5.75 Å². The lowest BCUT2D eigenvalue weighted by molar-refractivity contribution is -0.132. The molecule has 0 spiro atoms. The predicted molar refractivity (Wildman–Crippen MR) is 111 cm³/mol. The van der Waals surface area contributed by atoms with Gasteiger partial charge in [0.2, 0.25) is 15.9 Å². The van der Waals surface area contributed by atoms with Crippen molar-refractivity contribution in [2.24, 2.45) is 0 Å². The predicted octanol–water partition coefficient (Wildman–Crippen LogP) is 3.40. The summed E-state index contributed by atoms with van der Waals surface area (Å²) in [6, 6.07) is 13.8. The third-order valence-corrected chi connectivity index (χ3v) is 7.32. The van der Waals surface area contributed by atoms with Gasteiger partial charge in [0.25, 0.3) is 0 Å². The van der Waals surface area contributed by atoms with Crippen molar-refractivity contribution < 1.29 is 17.9 Å². The highest BCUT2D eigenvalue weighted by atomic mass is 79.9. The van der Waals surface area contributed by atoms with Gasteiger partial charge in [-0.15, -0.1) is 0 Å². The summed E-state index contributed by atoms with van der Waals surface area (Å²) in [6.07, 6.45) is 0.240. The van der Waals surface area contributed by atoms with Gasteiger partial charge in [-0.05, 0) is 30.3 Å². The van der Waals surface area contributed by atoms with Gasteiger partial charge in [0.1, 0.15) is 10.6 Å². The fraction of sp³-hybridized carbons (Fsp3) is 0.316. The number of hydrogen-bond acceptors (Lipinski definition) is 4. The van der Waals surface area contributed by atoms with Crippen LogP contribution in [0.4, 0.5) is 0 Å². The minimum absolute atomic E-state index is 0.0511. The Kier molecular flexibility index (Phi) is 6.98. The molecule has 1 amide bonds. The standard InChI is InChI=1S/C19H20BrClN2O4S/c20-15-4-3-5-16(14-15)27-13-8-19(24)22-9-11-23(12-10-22)28(25,26)18-7-2-1-6-17(18)21/h1-7,14H,8-13H2. The van der Waals surface area contributed by atoms with Gasteiger partial charge < -0.3 is 9.64 Å². The average molecular weight is 488 g/mol. The first-order valence-corrected chi connectivity index (χ1v) is 11.4. The summed E-state index contributed by atoms with van der Waals surface area (Å²) in [7, 11) is -3.66. The molecule has 1 heterocycles. The van der Waals surface area contributed by atoms with E-state index in [9.17, 15) is 13.2 Å². The van der Waals surface area contributed by atoms with Crippen LogP contribution in [0, 0.1) is 0 Å². The number of carbonyl (C=O) groups excluding carboxylic acids is 1.